The Morgan fingerprint density at radius 2 is 2.39 bits per heavy atom. The molecule has 0 saturated heterocycles. The Labute approximate surface area is 107 Å². The zero-order chi connectivity index (χ0) is 13.4. The van der Waals surface area contributed by atoms with Gasteiger partial charge in [-0.05, 0) is 11.6 Å². The minimum absolute atomic E-state index is 0.615. The van der Waals surface area contributed by atoms with E-state index >= 15 is 0 Å². The van der Waals surface area contributed by atoms with Gasteiger partial charge in [0.05, 0.1) is 24.8 Å². The number of hydrazine groups is 1. The first-order valence-corrected chi connectivity index (χ1v) is 5.57. The molecule has 0 fully saturated rings. The number of hydrogen-bond acceptors (Lipinski definition) is 4. The van der Waals surface area contributed by atoms with Crippen molar-refractivity contribution in [3.05, 3.63) is 54.8 Å². The Kier molecular flexibility index (Phi) is 5.60. The Balaban J connectivity index is 2.34. The molecule has 0 saturated carbocycles. The van der Waals surface area contributed by atoms with Gasteiger partial charge in [-0.3, -0.25) is 10.8 Å². The number of imidazole rings is 1. The topological polar surface area (TPSA) is 68.2 Å². The molecule has 0 radical (unpaired) electrons. The summed E-state index contributed by atoms with van der Waals surface area (Å²) in [5.74, 6) is 5.22. The van der Waals surface area contributed by atoms with Crippen molar-refractivity contribution in [2.75, 3.05) is 0 Å². The van der Waals surface area contributed by atoms with Gasteiger partial charge in [-0.15, -0.1) is 0 Å². The number of aromatic nitrogens is 2. The fourth-order valence-electron chi connectivity index (χ4n) is 1.31. The molecular weight excluding hydrogens is 226 g/mol. The van der Waals surface area contributed by atoms with Crippen molar-refractivity contribution < 1.29 is 0 Å². The molecule has 1 rings (SSSR count). The van der Waals surface area contributed by atoms with Gasteiger partial charge in [-0.2, -0.15) is 0 Å². The largest absolute Gasteiger partial charge is 0.336 e. The zero-order valence-electron chi connectivity index (χ0n) is 10.6. The number of hydrogen-bond donors (Lipinski definition) is 2. The van der Waals surface area contributed by atoms with Crippen LogP contribution in [0.5, 0.6) is 0 Å². The van der Waals surface area contributed by atoms with Crippen LogP contribution in [-0.4, -0.2) is 15.8 Å². The van der Waals surface area contributed by atoms with Gasteiger partial charge in [0.2, 0.25) is 0 Å². The van der Waals surface area contributed by atoms with E-state index in [1.165, 1.54) is 0 Å². The van der Waals surface area contributed by atoms with E-state index in [0.29, 0.717) is 13.0 Å². The molecule has 96 valence electrons. The monoisotopic (exact) mass is 245 g/mol. The molecule has 1 aromatic rings. The Bertz CT molecular complexity index is 467. The molecule has 0 aromatic carbocycles. The fourth-order valence-corrected chi connectivity index (χ4v) is 1.31. The second-order valence-electron chi connectivity index (χ2n) is 3.93. The quantitative estimate of drug-likeness (QED) is 0.331. The standard InChI is InChI=1S/C13H19N5/c1-11(7-12(2)17-14)5-4-6-15-8-13-9-16-10-18(13)3/h4-6,9-10,17H,1-2,7-8,14H2,3H3/b5-4-,15-6?. The molecule has 18 heavy (non-hydrogen) atoms. The van der Waals surface area contributed by atoms with E-state index in [1.54, 1.807) is 18.7 Å². The summed E-state index contributed by atoms with van der Waals surface area (Å²) in [6, 6.07) is 0. The molecule has 0 amide bonds. The van der Waals surface area contributed by atoms with Gasteiger partial charge < -0.3 is 9.99 Å². The summed E-state index contributed by atoms with van der Waals surface area (Å²) in [6.45, 7) is 8.23. The van der Waals surface area contributed by atoms with Crippen molar-refractivity contribution >= 4 is 6.21 Å². The lowest BCUT2D eigenvalue weighted by molar-refractivity contribution is 0.823. The summed E-state index contributed by atoms with van der Waals surface area (Å²) in [5.41, 5.74) is 5.21. The predicted octanol–water partition coefficient (Wildman–Crippen LogP) is 1.47. The average molecular weight is 245 g/mol. The van der Waals surface area contributed by atoms with E-state index in [-0.39, 0.29) is 0 Å². The summed E-state index contributed by atoms with van der Waals surface area (Å²) < 4.78 is 1.94. The SMILES string of the molecule is C=C(/C=C\C=NCc1cncn1C)CC(=C)NN. The summed E-state index contributed by atoms with van der Waals surface area (Å²) in [7, 11) is 1.95. The highest BCUT2D eigenvalue weighted by atomic mass is 15.2. The van der Waals surface area contributed by atoms with Gasteiger partial charge in [0.15, 0.2) is 0 Å². The molecule has 0 unspecified atom stereocenters. The maximum Gasteiger partial charge on any atom is 0.0946 e. The van der Waals surface area contributed by atoms with Crippen molar-refractivity contribution in [3.63, 3.8) is 0 Å². The van der Waals surface area contributed by atoms with Crippen LogP contribution in [0.15, 0.2) is 54.1 Å². The Morgan fingerprint density at radius 1 is 1.61 bits per heavy atom. The summed E-state index contributed by atoms with van der Waals surface area (Å²) in [4.78, 5) is 8.29. The normalized spacial score (nSPS) is 11.2. The third-order valence-corrected chi connectivity index (χ3v) is 2.34. The third-order valence-electron chi connectivity index (χ3n) is 2.34. The number of rotatable bonds is 7. The molecule has 0 atom stereocenters. The van der Waals surface area contributed by atoms with Gasteiger partial charge in [-0.25, -0.2) is 4.98 Å². The molecule has 3 N–H and O–H groups in total. The predicted molar refractivity (Wildman–Crippen MR) is 74.8 cm³/mol. The van der Waals surface area contributed by atoms with E-state index in [9.17, 15) is 0 Å². The third kappa shape index (κ3) is 4.80. The smallest absolute Gasteiger partial charge is 0.0946 e. The Morgan fingerprint density at radius 3 is 3.00 bits per heavy atom. The second kappa shape index (κ2) is 7.24. The number of aryl methyl sites for hydroxylation is 1. The first-order valence-electron chi connectivity index (χ1n) is 5.57. The maximum absolute atomic E-state index is 5.22. The van der Waals surface area contributed by atoms with E-state index < -0.39 is 0 Å². The molecule has 0 aliphatic rings. The van der Waals surface area contributed by atoms with Gasteiger partial charge in [0.25, 0.3) is 0 Å². The van der Waals surface area contributed by atoms with Crippen molar-refractivity contribution in [1.29, 1.82) is 0 Å². The first kappa shape index (κ1) is 13.9. The van der Waals surface area contributed by atoms with Gasteiger partial charge in [0.1, 0.15) is 0 Å². The van der Waals surface area contributed by atoms with Crippen molar-refractivity contribution in [1.82, 2.24) is 15.0 Å². The molecule has 5 nitrogen and oxygen atoms in total. The number of aliphatic imine (C=N–C) groups is 1. The van der Waals surface area contributed by atoms with E-state index in [4.69, 9.17) is 5.84 Å². The molecular formula is C13H19N5. The van der Waals surface area contributed by atoms with E-state index in [1.807, 2.05) is 23.8 Å². The minimum Gasteiger partial charge on any atom is -0.336 e. The minimum atomic E-state index is 0.615. The van der Waals surface area contributed by atoms with E-state index in [2.05, 4.69) is 28.6 Å². The number of nitrogens with two attached hydrogens (primary N) is 1. The second-order valence-corrected chi connectivity index (χ2v) is 3.93. The summed E-state index contributed by atoms with van der Waals surface area (Å²) in [6.07, 6.45) is 9.67. The van der Waals surface area contributed by atoms with Crippen molar-refractivity contribution in [2.24, 2.45) is 17.9 Å². The molecule has 1 heterocycles. The van der Waals surface area contributed by atoms with Crippen molar-refractivity contribution in [2.45, 2.75) is 13.0 Å². The fraction of sp³-hybridized carbons (Fsp3) is 0.231. The highest BCUT2D eigenvalue weighted by Gasteiger charge is 1.94. The van der Waals surface area contributed by atoms with E-state index in [0.717, 1.165) is 17.0 Å². The molecule has 0 spiro atoms. The van der Waals surface area contributed by atoms with Crippen LogP contribution in [0.2, 0.25) is 0 Å². The first-order chi connectivity index (χ1) is 8.63. The molecule has 0 aliphatic carbocycles. The van der Waals surface area contributed by atoms with Crippen LogP contribution in [-0.2, 0) is 13.6 Å². The summed E-state index contributed by atoms with van der Waals surface area (Å²) in [5, 5.41) is 0. The van der Waals surface area contributed by atoms with Crippen LogP contribution in [0.25, 0.3) is 0 Å². The Hall–Kier alpha value is -2.14. The number of nitrogens with one attached hydrogen (secondary N) is 1. The highest BCUT2D eigenvalue weighted by molar-refractivity contribution is 5.71. The average Bonchev–Trinajstić information content (AvgIpc) is 2.74. The molecule has 0 bridgehead atoms. The van der Waals surface area contributed by atoms with Crippen LogP contribution in [0, 0.1) is 0 Å². The number of nitrogens with zero attached hydrogens (tertiary/aromatic N) is 3. The van der Waals surface area contributed by atoms with Crippen LogP contribution >= 0.6 is 0 Å². The van der Waals surface area contributed by atoms with Gasteiger partial charge >= 0.3 is 0 Å². The van der Waals surface area contributed by atoms with Crippen LogP contribution in [0.4, 0.5) is 0 Å². The maximum atomic E-state index is 5.22. The zero-order valence-corrected chi connectivity index (χ0v) is 10.6. The molecule has 1 aromatic heterocycles. The van der Waals surface area contributed by atoms with Crippen LogP contribution in [0.1, 0.15) is 12.1 Å². The lowest BCUT2D eigenvalue weighted by atomic mass is 10.2. The lowest BCUT2D eigenvalue weighted by Crippen LogP contribution is -2.20. The molecule has 5 heteroatoms. The highest BCUT2D eigenvalue weighted by Crippen LogP contribution is 2.04. The van der Waals surface area contributed by atoms with Crippen LogP contribution < -0.4 is 11.3 Å². The summed E-state index contributed by atoms with van der Waals surface area (Å²) >= 11 is 0. The van der Waals surface area contributed by atoms with Gasteiger partial charge in [0, 0.05) is 25.4 Å². The van der Waals surface area contributed by atoms with Crippen molar-refractivity contribution in [3.8, 4) is 0 Å². The number of allylic oxidation sites excluding steroid dienone is 3. The van der Waals surface area contributed by atoms with Gasteiger partial charge in [-0.1, -0.05) is 19.2 Å². The molecule has 0 aliphatic heterocycles. The van der Waals surface area contributed by atoms with Crippen LogP contribution in [0.3, 0.4) is 0 Å². The lowest BCUT2D eigenvalue weighted by Gasteiger charge is -2.02.